The Kier molecular flexibility index (Phi) is 1.88. The quantitative estimate of drug-likeness (QED) is 0.762. The van der Waals surface area contributed by atoms with E-state index in [1.807, 2.05) is 22.9 Å². The molecule has 1 aromatic heterocycles. The molecule has 1 aromatic carbocycles. The van der Waals surface area contributed by atoms with Crippen LogP contribution in [0.15, 0.2) is 30.9 Å². The molecule has 1 aliphatic heterocycles. The monoisotopic (exact) mass is 254 g/mol. The van der Waals surface area contributed by atoms with Gasteiger partial charge in [0.25, 0.3) is 0 Å². The third kappa shape index (κ3) is 1.24. The van der Waals surface area contributed by atoms with Crippen molar-refractivity contribution < 1.29 is 4.79 Å². The second kappa shape index (κ2) is 3.38. The molecule has 0 atom stereocenters. The molecule has 0 saturated heterocycles. The van der Waals surface area contributed by atoms with Crippen LogP contribution in [0.4, 0.5) is 11.4 Å². The van der Waals surface area contributed by atoms with E-state index < -0.39 is 0 Å². The van der Waals surface area contributed by atoms with Crippen LogP contribution >= 0.6 is 0 Å². The van der Waals surface area contributed by atoms with Crippen molar-refractivity contribution in [2.75, 3.05) is 11.1 Å². The molecule has 1 aliphatic carbocycles. The minimum atomic E-state index is -0.333. The van der Waals surface area contributed by atoms with E-state index in [0.29, 0.717) is 5.69 Å². The van der Waals surface area contributed by atoms with E-state index in [1.165, 1.54) is 0 Å². The van der Waals surface area contributed by atoms with Crippen LogP contribution in [0.5, 0.6) is 0 Å². The second-order valence-corrected chi connectivity index (χ2v) is 5.32. The SMILES string of the molecule is Nc1cc(-n2ccnc2)c2c(c1)C1(CCC1)C(=O)N2. The van der Waals surface area contributed by atoms with Crippen molar-refractivity contribution in [1.82, 2.24) is 9.55 Å². The zero-order chi connectivity index (χ0) is 13.0. The molecule has 1 fully saturated rings. The molecule has 96 valence electrons. The summed E-state index contributed by atoms with van der Waals surface area (Å²) in [6.07, 6.45) is 8.21. The maximum atomic E-state index is 12.3. The molecular formula is C14H14N4O. The molecule has 1 saturated carbocycles. The number of hydrogen-bond acceptors (Lipinski definition) is 3. The lowest BCUT2D eigenvalue weighted by molar-refractivity contribution is -0.123. The van der Waals surface area contributed by atoms with Gasteiger partial charge in [0, 0.05) is 18.1 Å². The third-order valence-corrected chi connectivity index (χ3v) is 4.32. The highest BCUT2D eigenvalue weighted by atomic mass is 16.2. The number of rotatable bonds is 1. The van der Waals surface area contributed by atoms with Crippen molar-refractivity contribution >= 4 is 17.3 Å². The van der Waals surface area contributed by atoms with Crippen molar-refractivity contribution in [3.05, 3.63) is 36.4 Å². The minimum absolute atomic E-state index is 0.112. The molecule has 4 rings (SSSR count). The number of amides is 1. The van der Waals surface area contributed by atoms with Crippen LogP contribution in [-0.2, 0) is 10.2 Å². The first-order valence-electron chi connectivity index (χ1n) is 6.44. The summed E-state index contributed by atoms with van der Waals surface area (Å²) in [5.41, 5.74) is 9.19. The smallest absolute Gasteiger partial charge is 0.235 e. The Labute approximate surface area is 110 Å². The van der Waals surface area contributed by atoms with Gasteiger partial charge in [-0.3, -0.25) is 4.79 Å². The number of carbonyl (C=O) groups excluding carboxylic acids is 1. The van der Waals surface area contributed by atoms with E-state index in [2.05, 4.69) is 10.3 Å². The number of hydrogen-bond donors (Lipinski definition) is 2. The summed E-state index contributed by atoms with van der Waals surface area (Å²) in [4.78, 5) is 16.3. The van der Waals surface area contributed by atoms with Gasteiger partial charge in [0.15, 0.2) is 0 Å². The van der Waals surface area contributed by atoms with Gasteiger partial charge in [-0.1, -0.05) is 6.42 Å². The maximum absolute atomic E-state index is 12.3. The second-order valence-electron chi connectivity index (χ2n) is 5.32. The number of nitrogen functional groups attached to an aromatic ring is 1. The highest BCUT2D eigenvalue weighted by molar-refractivity contribution is 6.09. The van der Waals surface area contributed by atoms with Gasteiger partial charge in [-0.05, 0) is 30.5 Å². The zero-order valence-electron chi connectivity index (χ0n) is 10.4. The van der Waals surface area contributed by atoms with E-state index in [4.69, 9.17) is 5.73 Å². The van der Waals surface area contributed by atoms with Crippen LogP contribution in [0.1, 0.15) is 24.8 Å². The van der Waals surface area contributed by atoms with Crippen LogP contribution in [0.25, 0.3) is 5.69 Å². The third-order valence-electron chi connectivity index (χ3n) is 4.32. The van der Waals surface area contributed by atoms with E-state index in [-0.39, 0.29) is 11.3 Å². The van der Waals surface area contributed by atoms with Gasteiger partial charge in [0.1, 0.15) is 0 Å². The van der Waals surface area contributed by atoms with E-state index in [1.54, 1.807) is 12.5 Å². The molecule has 5 nitrogen and oxygen atoms in total. The summed E-state index contributed by atoms with van der Waals surface area (Å²) in [6, 6.07) is 3.81. The van der Waals surface area contributed by atoms with Crippen LogP contribution in [0.2, 0.25) is 0 Å². The first-order valence-corrected chi connectivity index (χ1v) is 6.44. The molecule has 1 spiro atoms. The highest BCUT2D eigenvalue weighted by Gasteiger charge is 2.51. The van der Waals surface area contributed by atoms with E-state index >= 15 is 0 Å². The summed E-state index contributed by atoms with van der Waals surface area (Å²) in [5, 5.41) is 3.03. The number of carbonyl (C=O) groups is 1. The number of anilines is 2. The van der Waals surface area contributed by atoms with Crippen LogP contribution in [0.3, 0.4) is 0 Å². The molecule has 2 aliphatic rings. The van der Waals surface area contributed by atoms with Gasteiger partial charge in [-0.25, -0.2) is 4.98 Å². The van der Waals surface area contributed by atoms with Crippen molar-refractivity contribution in [1.29, 1.82) is 0 Å². The molecule has 3 N–H and O–H groups in total. The molecule has 2 heterocycles. The van der Waals surface area contributed by atoms with Crippen LogP contribution in [0, 0.1) is 0 Å². The number of aromatic nitrogens is 2. The number of imidazole rings is 1. The standard InChI is InChI=1S/C14H14N4O/c15-9-6-10-12(11(7-9)18-5-4-16-8-18)17-13(19)14(10)2-1-3-14/h4-8H,1-3,15H2,(H,17,19). The Hall–Kier alpha value is -2.30. The van der Waals surface area contributed by atoms with Crippen LogP contribution in [-0.4, -0.2) is 15.5 Å². The lowest BCUT2D eigenvalue weighted by Crippen LogP contribution is -2.40. The zero-order valence-corrected chi connectivity index (χ0v) is 10.4. The Morgan fingerprint density at radius 1 is 1.37 bits per heavy atom. The molecule has 19 heavy (non-hydrogen) atoms. The fourth-order valence-electron chi connectivity index (χ4n) is 3.14. The molecule has 1 amide bonds. The Morgan fingerprint density at radius 3 is 2.84 bits per heavy atom. The Balaban J connectivity index is 1.97. The van der Waals surface area contributed by atoms with Gasteiger partial charge >= 0.3 is 0 Å². The number of nitrogens with one attached hydrogen (secondary N) is 1. The average Bonchev–Trinajstić information content (AvgIpc) is 2.91. The summed E-state index contributed by atoms with van der Waals surface area (Å²) >= 11 is 0. The topological polar surface area (TPSA) is 72.9 Å². The first-order chi connectivity index (χ1) is 9.21. The maximum Gasteiger partial charge on any atom is 0.235 e. The van der Waals surface area contributed by atoms with Crippen molar-refractivity contribution in [2.45, 2.75) is 24.7 Å². The molecule has 0 unspecified atom stereocenters. The van der Waals surface area contributed by atoms with Crippen LogP contribution < -0.4 is 11.1 Å². The predicted molar refractivity (Wildman–Crippen MR) is 72.1 cm³/mol. The lowest BCUT2D eigenvalue weighted by Gasteiger charge is -2.36. The van der Waals surface area contributed by atoms with Gasteiger partial charge in [0.05, 0.1) is 23.1 Å². The largest absolute Gasteiger partial charge is 0.399 e. The Morgan fingerprint density at radius 2 is 2.21 bits per heavy atom. The van der Waals surface area contributed by atoms with E-state index in [9.17, 15) is 4.79 Å². The highest BCUT2D eigenvalue weighted by Crippen LogP contribution is 2.53. The lowest BCUT2D eigenvalue weighted by atomic mass is 9.65. The molecule has 0 bridgehead atoms. The summed E-state index contributed by atoms with van der Waals surface area (Å²) < 4.78 is 1.88. The number of nitrogens with two attached hydrogens (primary N) is 1. The number of nitrogens with zero attached hydrogens (tertiary/aromatic N) is 2. The van der Waals surface area contributed by atoms with Gasteiger partial charge in [0.2, 0.25) is 5.91 Å². The number of fused-ring (bicyclic) bond motifs is 2. The fourth-order valence-corrected chi connectivity index (χ4v) is 3.14. The summed E-state index contributed by atoms with van der Waals surface area (Å²) in [6.45, 7) is 0. The van der Waals surface area contributed by atoms with Gasteiger partial charge < -0.3 is 15.6 Å². The molecular weight excluding hydrogens is 240 g/mol. The predicted octanol–water partition coefficient (Wildman–Crippen LogP) is 1.83. The van der Waals surface area contributed by atoms with E-state index in [0.717, 1.165) is 36.2 Å². The summed E-state index contributed by atoms with van der Waals surface area (Å²) in [5.74, 6) is 0.112. The average molecular weight is 254 g/mol. The fraction of sp³-hybridized carbons (Fsp3) is 0.286. The molecule has 5 heteroatoms. The number of benzene rings is 1. The minimum Gasteiger partial charge on any atom is -0.399 e. The summed E-state index contributed by atoms with van der Waals surface area (Å²) in [7, 11) is 0. The first kappa shape index (κ1) is 10.6. The van der Waals surface area contributed by atoms with Crippen molar-refractivity contribution in [2.24, 2.45) is 0 Å². The van der Waals surface area contributed by atoms with Gasteiger partial charge in [-0.2, -0.15) is 0 Å². The normalized spacial score (nSPS) is 19.1. The van der Waals surface area contributed by atoms with Crippen molar-refractivity contribution in [3.63, 3.8) is 0 Å². The molecule has 0 radical (unpaired) electrons. The Bertz CT molecular complexity index is 671. The van der Waals surface area contributed by atoms with Gasteiger partial charge in [-0.15, -0.1) is 0 Å². The molecule has 2 aromatic rings. The van der Waals surface area contributed by atoms with Crippen molar-refractivity contribution in [3.8, 4) is 5.69 Å².